The monoisotopic (exact) mass is 258 g/mol. The largest absolute Gasteiger partial charge is 0.478 e. The Morgan fingerprint density at radius 2 is 2.11 bits per heavy atom. The van der Waals surface area contributed by atoms with Crippen molar-refractivity contribution in [3.63, 3.8) is 0 Å². The van der Waals surface area contributed by atoms with Crippen LogP contribution in [-0.4, -0.2) is 21.0 Å². The molecule has 2 rings (SSSR count). The topological polar surface area (TPSA) is 72.3 Å². The first-order chi connectivity index (χ1) is 9.18. The number of benzene rings is 1. The molecule has 1 aromatic heterocycles. The zero-order valence-corrected chi connectivity index (χ0v) is 10.5. The third kappa shape index (κ3) is 3.35. The first-order valence-electron chi connectivity index (χ1n) is 5.87. The molecule has 1 heterocycles. The van der Waals surface area contributed by atoms with E-state index in [9.17, 15) is 4.79 Å². The number of carboxylic acid groups (broad SMARTS) is 1. The Kier molecular flexibility index (Phi) is 4.20. The van der Waals surface area contributed by atoms with E-state index < -0.39 is 5.97 Å². The Labute approximate surface area is 110 Å². The van der Waals surface area contributed by atoms with Crippen molar-refractivity contribution in [2.75, 3.05) is 0 Å². The lowest BCUT2D eigenvalue weighted by Crippen LogP contribution is -2.08. The second-order valence-electron chi connectivity index (χ2n) is 4.05. The molecule has 5 heteroatoms. The van der Waals surface area contributed by atoms with Crippen molar-refractivity contribution in [3.8, 4) is 0 Å². The number of carboxylic acids is 1. The Bertz CT molecular complexity index is 558. The van der Waals surface area contributed by atoms with Crippen molar-refractivity contribution in [1.29, 1.82) is 0 Å². The molecule has 0 bridgehead atoms. The number of hydrogen-bond donors (Lipinski definition) is 1. The Balaban J connectivity index is 2.05. The van der Waals surface area contributed by atoms with E-state index in [4.69, 9.17) is 9.84 Å². The Morgan fingerprint density at radius 1 is 1.37 bits per heavy atom. The van der Waals surface area contributed by atoms with E-state index in [1.54, 1.807) is 0 Å². The number of nitrogens with zero attached hydrogens (tertiary/aromatic N) is 2. The Hall–Kier alpha value is -2.27. The van der Waals surface area contributed by atoms with Gasteiger partial charge in [0.1, 0.15) is 11.9 Å². The lowest BCUT2D eigenvalue weighted by atomic mass is 10.1. The van der Waals surface area contributed by atoms with Crippen LogP contribution < -0.4 is 0 Å². The fraction of sp³-hybridized carbons (Fsp3) is 0.214. The van der Waals surface area contributed by atoms with Gasteiger partial charge in [0.2, 0.25) is 0 Å². The van der Waals surface area contributed by atoms with E-state index in [0.717, 1.165) is 5.56 Å². The summed E-state index contributed by atoms with van der Waals surface area (Å²) in [7, 11) is 0. The third-order valence-electron chi connectivity index (χ3n) is 2.76. The molecule has 1 aromatic carbocycles. The summed E-state index contributed by atoms with van der Waals surface area (Å²) in [4.78, 5) is 18.7. The fourth-order valence-electron chi connectivity index (χ4n) is 1.67. The van der Waals surface area contributed by atoms with Gasteiger partial charge in [-0.2, -0.15) is 0 Å². The highest BCUT2D eigenvalue weighted by atomic mass is 16.5. The number of ether oxygens (including phenoxy) is 1. The van der Waals surface area contributed by atoms with Gasteiger partial charge in [0, 0.05) is 6.20 Å². The van der Waals surface area contributed by atoms with Crippen LogP contribution in [0.1, 0.15) is 34.6 Å². The first kappa shape index (κ1) is 13.2. The molecular weight excluding hydrogens is 244 g/mol. The standard InChI is InChI=1S/C14H14N2O3/c1-10(11-5-3-2-4-6-11)19-8-13-12(14(17)18)7-15-9-16-13/h2-7,9-10H,8H2,1H3,(H,17,18). The van der Waals surface area contributed by atoms with E-state index in [1.807, 2.05) is 37.3 Å². The summed E-state index contributed by atoms with van der Waals surface area (Å²) in [6, 6.07) is 9.72. The van der Waals surface area contributed by atoms with Crippen LogP contribution in [0.3, 0.4) is 0 Å². The summed E-state index contributed by atoms with van der Waals surface area (Å²) in [5.74, 6) is -1.05. The summed E-state index contributed by atoms with van der Waals surface area (Å²) in [5.41, 5.74) is 1.49. The molecule has 0 saturated heterocycles. The van der Waals surface area contributed by atoms with Gasteiger partial charge in [-0.3, -0.25) is 0 Å². The highest BCUT2D eigenvalue weighted by molar-refractivity contribution is 5.88. The molecule has 0 fully saturated rings. The number of carbonyl (C=O) groups is 1. The number of aromatic carboxylic acids is 1. The van der Waals surface area contributed by atoms with E-state index in [1.165, 1.54) is 12.5 Å². The molecular formula is C14H14N2O3. The van der Waals surface area contributed by atoms with Crippen LogP contribution in [0.25, 0.3) is 0 Å². The molecule has 0 radical (unpaired) electrons. The SMILES string of the molecule is CC(OCc1ncncc1C(=O)O)c1ccccc1. The normalized spacial score (nSPS) is 12.1. The van der Waals surface area contributed by atoms with E-state index in [-0.39, 0.29) is 18.3 Å². The highest BCUT2D eigenvalue weighted by Gasteiger charge is 2.13. The number of aromatic nitrogens is 2. The molecule has 1 atom stereocenters. The number of hydrogen-bond acceptors (Lipinski definition) is 4. The van der Waals surface area contributed by atoms with Crippen molar-refractivity contribution in [3.05, 3.63) is 59.7 Å². The van der Waals surface area contributed by atoms with E-state index in [2.05, 4.69) is 9.97 Å². The summed E-state index contributed by atoms with van der Waals surface area (Å²) in [5, 5.41) is 9.01. The van der Waals surface area contributed by atoms with Crippen LogP contribution in [0.4, 0.5) is 0 Å². The minimum atomic E-state index is -1.05. The number of rotatable bonds is 5. The van der Waals surface area contributed by atoms with Gasteiger partial charge in [-0.1, -0.05) is 30.3 Å². The second kappa shape index (κ2) is 6.06. The molecule has 0 amide bonds. The molecule has 0 aliphatic heterocycles. The van der Waals surface area contributed by atoms with E-state index in [0.29, 0.717) is 5.69 Å². The Morgan fingerprint density at radius 3 is 2.79 bits per heavy atom. The van der Waals surface area contributed by atoms with Gasteiger partial charge >= 0.3 is 5.97 Å². The molecule has 98 valence electrons. The summed E-state index contributed by atoms with van der Waals surface area (Å²) < 4.78 is 5.65. The predicted molar refractivity (Wildman–Crippen MR) is 68.6 cm³/mol. The second-order valence-corrected chi connectivity index (χ2v) is 4.05. The average Bonchev–Trinajstić information content (AvgIpc) is 2.46. The molecule has 1 unspecified atom stereocenters. The average molecular weight is 258 g/mol. The van der Waals surface area contributed by atoms with Crippen LogP contribution in [0, 0.1) is 0 Å². The highest BCUT2D eigenvalue weighted by Crippen LogP contribution is 2.18. The quantitative estimate of drug-likeness (QED) is 0.891. The minimum absolute atomic E-state index is 0.0720. The third-order valence-corrected chi connectivity index (χ3v) is 2.76. The van der Waals surface area contributed by atoms with Crippen molar-refractivity contribution >= 4 is 5.97 Å². The molecule has 0 spiro atoms. The van der Waals surface area contributed by atoms with Gasteiger partial charge in [-0.05, 0) is 12.5 Å². The molecule has 5 nitrogen and oxygen atoms in total. The van der Waals surface area contributed by atoms with Crippen LogP contribution >= 0.6 is 0 Å². The van der Waals surface area contributed by atoms with Crippen LogP contribution in [0.5, 0.6) is 0 Å². The predicted octanol–water partition coefficient (Wildman–Crippen LogP) is 2.45. The molecule has 0 saturated carbocycles. The smallest absolute Gasteiger partial charge is 0.339 e. The van der Waals surface area contributed by atoms with Gasteiger partial charge in [0.15, 0.2) is 0 Å². The fourth-order valence-corrected chi connectivity index (χ4v) is 1.67. The van der Waals surface area contributed by atoms with Crippen molar-refractivity contribution in [2.45, 2.75) is 19.6 Å². The van der Waals surface area contributed by atoms with Crippen LogP contribution in [-0.2, 0) is 11.3 Å². The van der Waals surface area contributed by atoms with Crippen molar-refractivity contribution in [2.24, 2.45) is 0 Å². The maximum Gasteiger partial charge on any atom is 0.339 e. The molecule has 1 N–H and O–H groups in total. The van der Waals surface area contributed by atoms with Gasteiger partial charge in [-0.15, -0.1) is 0 Å². The maximum absolute atomic E-state index is 11.0. The minimum Gasteiger partial charge on any atom is -0.478 e. The van der Waals surface area contributed by atoms with Crippen LogP contribution in [0.2, 0.25) is 0 Å². The van der Waals surface area contributed by atoms with E-state index >= 15 is 0 Å². The maximum atomic E-state index is 11.0. The van der Waals surface area contributed by atoms with Crippen molar-refractivity contribution in [1.82, 2.24) is 9.97 Å². The van der Waals surface area contributed by atoms with Gasteiger partial charge in [0.25, 0.3) is 0 Å². The van der Waals surface area contributed by atoms with Gasteiger partial charge in [0.05, 0.1) is 18.4 Å². The lowest BCUT2D eigenvalue weighted by Gasteiger charge is -2.13. The summed E-state index contributed by atoms with van der Waals surface area (Å²) >= 11 is 0. The van der Waals surface area contributed by atoms with Crippen molar-refractivity contribution < 1.29 is 14.6 Å². The zero-order chi connectivity index (χ0) is 13.7. The molecule has 2 aromatic rings. The zero-order valence-electron chi connectivity index (χ0n) is 10.5. The summed E-state index contributed by atoms with van der Waals surface area (Å²) in [6.45, 7) is 2.05. The molecule has 0 aliphatic rings. The first-order valence-corrected chi connectivity index (χ1v) is 5.87. The van der Waals surface area contributed by atoms with Gasteiger partial charge in [-0.25, -0.2) is 14.8 Å². The van der Waals surface area contributed by atoms with Crippen LogP contribution in [0.15, 0.2) is 42.9 Å². The molecule has 0 aliphatic carbocycles. The molecule has 19 heavy (non-hydrogen) atoms. The summed E-state index contributed by atoms with van der Waals surface area (Å²) in [6.07, 6.45) is 2.47. The lowest BCUT2D eigenvalue weighted by molar-refractivity contribution is 0.0482. The van der Waals surface area contributed by atoms with Gasteiger partial charge < -0.3 is 9.84 Å².